The van der Waals surface area contributed by atoms with Crippen LogP contribution in [0.5, 0.6) is 11.5 Å². The maximum atomic E-state index is 12.2. The van der Waals surface area contributed by atoms with Crippen molar-refractivity contribution >= 4 is 40.7 Å². The van der Waals surface area contributed by atoms with E-state index in [2.05, 4.69) is 26.0 Å². The van der Waals surface area contributed by atoms with Crippen LogP contribution in [0, 0.1) is 10.1 Å². The first-order valence-corrected chi connectivity index (χ1v) is 10.5. The molecule has 0 saturated heterocycles. The first-order valence-electron chi connectivity index (χ1n) is 9.49. The number of hydrogen-bond acceptors (Lipinski definition) is 11. The topological polar surface area (TPSA) is 172 Å². The molecule has 0 saturated carbocycles. The minimum atomic E-state index is -0.566. The lowest BCUT2D eigenvalue weighted by Gasteiger charge is -2.06. The second kappa shape index (κ2) is 9.44. The molecule has 0 atom stereocenters. The van der Waals surface area contributed by atoms with Crippen molar-refractivity contribution in [2.75, 3.05) is 29.1 Å². The Morgan fingerprint density at radius 1 is 1.27 bits per heavy atom. The lowest BCUT2D eigenvalue weighted by Crippen LogP contribution is -2.17. The molecule has 4 rings (SSSR count). The summed E-state index contributed by atoms with van der Waals surface area (Å²) in [7, 11) is 0. The monoisotopic (exact) mass is 470 g/mol. The molecule has 1 aliphatic heterocycles. The number of anilines is 2. The van der Waals surface area contributed by atoms with Gasteiger partial charge in [0.15, 0.2) is 11.5 Å². The predicted molar refractivity (Wildman–Crippen MR) is 121 cm³/mol. The molecule has 2 aromatic carbocycles. The summed E-state index contributed by atoms with van der Waals surface area (Å²) in [5, 5.41) is 25.9. The number of hydrogen-bond donors (Lipinski definition) is 3. The lowest BCUT2D eigenvalue weighted by atomic mass is 10.1. The van der Waals surface area contributed by atoms with Crippen molar-refractivity contribution in [3.05, 3.63) is 58.1 Å². The van der Waals surface area contributed by atoms with Gasteiger partial charge in [-0.1, -0.05) is 23.9 Å². The minimum Gasteiger partial charge on any atom is -0.454 e. The van der Waals surface area contributed by atoms with Crippen molar-refractivity contribution in [2.45, 2.75) is 12.1 Å². The van der Waals surface area contributed by atoms with Crippen LogP contribution in [-0.2, 0) is 4.79 Å². The number of nitro groups is 1. The summed E-state index contributed by atoms with van der Waals surface area (Å²) in [6.45, 7) is 1.98. The van der Waals surface area contributed by atoms with Gasteiger partial charge in [-0.25, -0.2) is 10.1 Å². The molecule has 2 heterocycles. The number of carbonyl (C=O) groups excluding carboxylic acids is 1. The molecular formula is C19H18N8O5S. The Morgan fingerprint density at radius 3 is 2.88 bits per heavy atom. The molecule has 33 heavy (non-hydrogen) atoms. The van der Waals surface area contributed by atoms with Crippen LogP contribution in [0.2, 0.25) is 0 Å². The normalized spacial score (nSPS) is 12.5. The Balaban J connectivity index is 1.35. The molecule has 170 valence electrons. The average Bonchev–Trinajstić information content (AvgIpc) is 3.42. The molecular weight excluding hydrogens is 452 g/mol. The molecule has 1 amide bonds. The number of thioether (sulfide) groups is 1. The van der Waals surface area contributed by atoms with Crippen LogP contribution in [0.15, 0.2) is 52.7 Å². The Hall–Kier alpha value is -4.33. The molecule has 14 heteroatoms. The molecule has 0 unspecified atom stereocenters. The lowest BCUT2D eigenvalue weighted by molar-refractivity contribution is -0.383. The highest BCUT2D eigenvalue weighted by molar-refractivity contribution is 7.99. The van der Waals surface area contributed by atoms with Gasteiger partial charge >= 0.3 is 0 Å². The van der Waals surface area contributed by atoms with E-state index in [1.807, 2.05) is 12.1 Å². The van der Waals surface area contributed by atoms with Crippen molar-refractivity contribution < 1.29 is 19.2 Å². The summed E-state index contributed by atoms with van der Waals surface area (Å²) in [6, 6.07) is 11.3. The standard InChI is InChI=1S/C19H18N8O5S/c1-11(12-6-7-15-16(8-12)32-10-31-15)22-23-18-24-25-19(26(18)20)33-9-17(28)21-13-4-2-3-5-14(13)27(29)30/h2-8H,9-10,20H2,1H3,(H,21,28)(H,23,24)/b22-11+. The highest BCUT2D eigenvalue weighted by Gasteiger charge is 2.17. The van der Waals surface area contributed by atoms with Crippen LogP contribution in [0.4, 0.5) is 17.3 Å². The van der Waals surface area contributed by atoms with E-state index in [4.69, 9.17) is 15.3 Å². The van der Waals surface area contributed by atoms with E-state index in [-0.39, 0.29) is 35.0 Å². The highest BCUT2D eigenvalue weighted by Crippen LogP contribution is 2.32. The molecule has 13 nitrogen and oxygen atoms in total. The second-order valence-electron chi connectivity index (χ2n) is 6.66. The molecule has 0 fully saturated rings. The third-order valence-corrected chi connectivity index (χ3v) is 5.43. The molecule has 1 aromatic heterocycles. The number of benzene rings is 2. The van der Waals surface area contributed by atoms with Crippen molar-refractivity contribution in [3.63, 3.8) is 0 Å². The van der Waals surface area contributed by atoms with E-state index in [1.54, 1.807) is 19.1 Å². The molecule has 3 aromatic rings. The first kappa shape index (κ1) is 21.9. The fourth-order valence-electron chi connectivity index (χ4n) is 2.83. The van der Waals surface area contributed by atoms with Gasteiger partial charge < -0.3 is 20.6 Å². The predicted octanol–water partition coefficient (Wildman–Crippen LogP) is 2.20. The third kappa shape index (κ3) is 4.95. The van der Waals surface area contributed by atoms with Gasteiger partial charge in [0.2, 0.25) is 17.9 Å². The number of nitrogens with one attached hydrogen (secondary N) is 2. The van der Waals surface area contributed by atoms with Crippen molar-refractivity contribution in [1.29, 1.82) is 0 Å². The molecule has 1 aliphatic rings. The van der Waals surface area contributed by atoms with Gasteiger partial charge in [0.1, 0.15) is 5.69 Å². The third-order valence-electron chi connectivity index (χ3n) is 4.49. The van der Waals surface area contributed by atoms with Crippen LogP contribution in [0.25, 0.3) is 0 Å². The SMILES string of the molecule is C/C(=N\Nc1nnc(SCC(=O)Nc2ccccc2[N+](=O)[O-])n1N)c1ccc2c(c1)OCO2. The van der Waals surface area contributed by atoms with Gasteiger partial charge in [0, 0.05) is 11.6 Å². The number of carbonyl (C=O) groups is 1. The van der Waals surface area contributed by atoms with E-state index in [0.29, 0.717) is 17.2 Å². The van der Waals surface area contributed by atoms with Gasteiger partial charge in [0.05, 0.1) is 16.4 Å². The van der Waals surface area contributed by atoms with E-state index in [0.717, 1.165) is 22.0 Å². The zero-order valence-electron chi connectivity index (χ0n) is 17.2. The van der Waals surface area contributed by atoms with Gasteiger partial charge in [-0.15, -0.1) is 10.2 Å². The van der Waals surface area contributed by atoms with Crippen LogP contribution < -0.4 is 26.1 Å². The van der Waals surface area contributed by atoms with Crippen LogP contribution in [0.3, 0.4) is 0 Å². The quantitative estimate of drug-likeness (QED) is 0.146. The Bertz CT molecular complexity index is 1240. The minimum absolute atomic E-state index is 0.0825. The molecule has 0 aliphatic carbocycles. The zero-order valence-corrected chi connectivity index (χ0v) is 18.0. The smallest absolute Gasteiger partial charge is 0.292 e. The number of rotatable bonds is 8. The van der Waals surface area contributed by atoms with Gasteiger partial charge in [-0.05, 0) is 31.2 Å². The highest BCUT2D eigenvalue weighted by atomic mass is 32.2. The number of fused-ring (bicyclic) bond motifs is 1. The fourth-order valence-corrected chi connectivity index (χ4v) is 3.48. The summed E-state index contributed by atoms with van der Waals surface area (Å²) < 4.78 is 11.8. The number of amides is 1. The largest absolute Gasteiger partial charge is 0.454 e. The second-order valence-corrected chi connectivity index (χ2v) is 7.61. The zero-order chi connectivity index (χ0) is 23.4. The number of nitro benzene ring substituents is 1. The molecule has 0 bridgehead atoms. The number of nitrogens with two attached hydrogens (primary N) is 1. The maximum Gasteiger partial charge on any atom is 0.292 e. The fraction of sp³-hybridized carbons (Fsp3) is 0.158. The Labute approximate surface area is 191 Å². The van der Waals surface area contributed by atoms with E-state index < -0.39 is 10.8 Å². The van der Waals surface area contributed by atoms with Crippen LogP contribution >= 0.6 is 11.8 Å². The summed E-state index contributed by atoms with van der Waals surface area (Å²) in [5.41, 5.74) is 4.12. The van der Waals surface area contributed by atoms with Crippen molar-refractivity contribution in [3.8, 4) is 11.5 Å². The summed E-state index contributed by atoms with van der Waals surface area (Å²) in [5.74, 6) is 6.93. The number of nitrogen functional groups attached to an aromatic ring is 1. The van der Waals surface area contributed by atoms with E-state index >= 15 is 0 Å². The average molecular weight is 470 g/mol. The van der Waals surface area contributed by atoms with Crippen LogP contribution in [0.1, 0.15) is 12.5 Å². The number of hydrazone groups is 1. The van der Waals surface area contributed by atoms with Gasteiger partial charge in [-0.2, -0.15) is 5.10 Å². The molecule has 4 N–H and O–H groups in total. The number of ether oxygens (including phenoxy) is 2. The number of nitrogens with zero attached hydrogens (tertiary/aromatic N) is 5. The van der Waals surface area contributed by atoms with Crippen molar-refractivity contribution in [1.82, 2.24) is 14.9 Å². The maximum absolute atomic E-state index is 12.2. The number of para-hydroxylation sites is 2. The summed E-state index contributed by atoms with van der Waals surface area (Å²) >= 11 is 1.02. The Kier molecular flexibility index (Phi) is 6.26. The first-order chi connectivity index (χ1) is 15.9. The summed E-state index contributed by atoms with van der Waals surface area (Å²) in [6.07, 6.45) is 0. The Morgan fingerprint density at radius 2 is 2.06 bits per heavy atom. The van der Waals surface area contributed by atoms with Crippen molar-refractivity contribution in [2.24, 2.45) is 5.10 Å². The summed E-state index contributed by atoms with van der Waals surface area (Å²) in [4.78, 5) is 22.7. The van der Waals surface area contributed by atoms with E-state index in [1.165, 1.54) is 18.2 Å². The van der Waals surface area contributed by atoms with E-state index in [9.17, 15) is 14.9 Å². The van der Waals surface area contributed by atoms with Crippen LogP contribution in [-0.4, -0.2) is 44.0 Å². The molecule has 0 spiro atoms. The molecule has 0 radical (unpaired) electrons. The van der Waals surface area contributed by atoms with Gasteiger partial charge in [0.25, 0.3) is 11.6 Å². The number of aromatic nitrogens is 3. The van der Waals surface area contributed by atoms with Gasteiger partial charge in [-0.3, -0.25) is 14.9 Å².